The summed E-state index contributed by atoms with van der Waals surface area (Å²) >= 11 is 3.22. The van der Waals surface area contributed by atoms with E-state index in [0.717, 1.165) is 5.82 Å². The fourth-order valence-electron chi connectivity index (χ4n) is 1.84. The van der Waals surface area contributed by atoms with Gasteiger partial charge in [0.1, 0.15) is 5.82 Å². The second-order valence-electron chi connectivity index (χ2n) is 4.46. The maximum absolute atomic E-state index is 12.2. The summed E-state index contributed by atoms with van der Waals surface area (Å²) in [5.41, 5.74) is 0.652. The summed E-state index contributed by atoms with van der Waals surface area (Å²) in [6.07, 6.45) is 4.73. The Morgan fingerprint density at radius 3 is 2.81 bits per heavy atom. The first-order chi connectivity index (χ1) is 10.0. The molecule has 0 aliphatic rings. The Bertz CT molecular complexity index is 687. The number of aliphatic hydroxyl groups is 1. The van der Waals surface area contributed by atoms with Crippen LogP contribution in [0.15, 0.2) is 40.0 Å². The Morgan fingerprint density at radius 2 is 2.19 bits per heavy atom. The first-order valence-electron chi connectivity index (χ1n) is 6.40. The highest BCUT2D eigenvalue weighted by atomic mass is 79.9. The molecule has 1 heterocycles. The van der Waals surface area contributed by atoms with Crippen molar-refractivity contribution < 1.29 is 13.5 Å². The lowest BCUT2D eigenvalue weighted by Crippen LogP contribution is -2.25. The van der Waals surface area contributed by atoms with Crippen molar-refractivity contribution in [2.24, 2.45) is 0 Å². The number of halogens is 1. The topological polar surface area (TPSA) is 95.1 Å². The molecule has 2 aromatic rings. The quantitative estimate of drug-likeness (QED) is 0.642. The van der Waals surface area contributed by atoms with Gasteiger partial charge < -0.3 is 10.1 Å². The maximum atomic E-state index is 12.2. The Labute approximate surface area is 131 Å². The lowest BCUT2D eigenvalue weighted by atomic mass is 10.2. The second kappa shape index (κ2) is 7.17. The molecule has 0 bridgehead atoms. The molecule has 21 heavy (non-hydrogen) atoms. The number of aliphatic hydroxyl groups excluding tert-OH is 1. The SMILES string of the molecule is O=S(=O)(NCCCc1ncc[nH]1)c1ccc(CO)cc1Br. The third-order valence-electron chi connectivity index (χ3n) is 2.91. The zero-order valence-electron chi connectivity index (χ0n) is 11.2. The van der Waals surface area contributed by atoms with E-state index in [-0.39, 0.29) is 11.5 Å². The molecule has 0 radical (unpaired) electrons. The van der Waals surface area contributed by atoms with Crippen LogP contribution in [0, 0.1) is 0 Å². The summed E-state index contributed by atoms with van der Waals surface area (Å²) in [7, 11) is -3.57. The zero-order valence-corrected chi connectivity index (χ0v) is 13.6. The number of aromatic nitrogens is 2. The van der Waals surface area contributed by atoms with Crippen LogP contribution >= 0.6 is 15.9 Å². The number of H-pyrrole nitrogens is 1. The third kappa shape index (κ3) is 4.37. The number of hydrogen-bond acceptors (Lipinski definition) is 4. The molecule has 0 fully saturated rings. The van der Waals surface area contributed by atoms with Gasteiger partial charge in [-0.25, -0.2) is 18.1 Å². The fourth-order valence-corrected chi connectivity index (χ4v) is 4.03. The number of aromatic amines is 1. The third-order valence-corrected chi connectivity index (χ3v) is 5.34. The van der Waals surface area contributed by atoms with Crippen LogP contribution in [-0.2, 0) is 23.1 Å². The molecule has 0 saturated heterocycles. The van der Waals surface area contributed by atoms with Crippen molar-refractivity contribution >= 4 is 26.0 Å². The number of benzene rings is 1. The molecule has 3 N–H and O–H groups in total. The largest absolute Gasteiger partial charge is 0.392 e. The number of nitrogens with one attached hydrogen (secondary N) is 2. The van der Waals surface area contributed by atoms with Gasteiger partial charge in [-0.05, 0) is 40.0 Å². The van der Waals surface area contributed by atoms with E-state index in [1.54, 1.807) is 24.5 Å². The molecule has 0 unspecified atom stereocenters. The zero-order chi connectivity index (χ0) is 15.3. The second-order valence-corrected chi connectivity index (χ2v) is 7.05. The van der Waals surface area contributed by atoms with Crippen molar-refractivity contribution in [2.75, 3.05) is 6.54 Å². The van der Waals surface area contributed by atoms with E-state index < -0.39 is 10.0 Å². The van der Waals surface area contributed by atoms with Crippen molar-refractivity contribution in [1.82, 2.24) is 14.7 Å². The molecule has 6 nitrogen and oxygen atoms in total. The Kier molecular flexibility index (Phi) is 5.51. The van der Waals surface area contributed by atoms with Gasteiger partial charge >= 0.3 is 0 Å². The van der Waals surface area contributed by atoms with Crippen LogP contribution in [0.3, 0.4) is 0 Å². The summed E-state index contributed by atoms with van der Waals surface area (Å²) in [4.78, 5) is 7.21. The van der Waals surface area contributed by atoms with Crippen LogP contribution in [0.5, 0.6) is 0 Å². The van der Waals surface area contributed by atoms with Crippen LogP contribution in [0.2, 0.25) is 0 Å². The highest BCUT2D eigenvalue weighted by molar-refractivity contribution is 9.10. The fraction of sp³-hybridized carbons (Fsp3) is 0.308. The molecule has 8 heteroatoms. The van der Waals surface area contributed by atoms with Crippen molar-refractivity contribution in [3.63, 3.8) is 0 Å². The van der Waals surface area contributed by atoms with Gasteiger partial charge in [0.2, 0.25) is 10.0 Å². The molecule has 0 amide bonds. The summed E-state index contributed by atoms with van der Waals surface area (Å²) in [6, 6.07) is 4.66. The number of sulfonamides is 1. The van der Waals surface area contributed by atoms with E-state index in [4.69, 9.17) is 5.11 Å². The molecule has 0 aliphatic carbocycles. The molecule has 1 aromatic carbocycles. The molecule has 1 aromatic heterocycles. The molecule has 2 rings (SSSR count). The van der Waals surface area contributed by atoms with Crippen LogP contribution in [0.25, 0.3) is 0 Å². The lowest BCUT2D eigenvalue weighted by molar-refractivity contribution is 0.281. The highest BCUT2D eigenvalue weighted by Gasteiger charge is 2.17. The van der Waals surface area contributed by atoms with E-state index >= 15 is 0 Å². The minimum absolute atomic E-state index is 0.129. The molecular weight excluding hydrogens is 358 g/mol. The van der Waals surface area contributed by atoms with E-state index in [9.17, 15) is 8.42 Å². The Hall–Kier alpha value is -1.22. The van der Waals surface area contributed by atoms with Gasteiger partial charge in [-0.2, -0.15) is 0 Å². The first kappa shape index (κ1) is 16.2. The summed E-state index contributed by atoms with van der Waals surface area (Å²) in [6.45, 7) is 0.201. The smallest absolute Gasteiger partial charge is 0.241 e. The van der Waals surface area contributed by atoms with E-state index in [1.807, 2.05) is 0 Å². The van der Waals surface area contributed by atoms with Gasteiger partial charge in [0, 0.05) is 29.8 Å². The van der Waals surface area contributed by atoms with Crippen LogP contribution in [0.1, 0.15) is 17.8 Å². The van der Waals surface area contributed by atoms with E-state index in [2.05, 4.69) is 30.6 Å². The highest BCUT2D eigenvalue weighted by Crippen LogP contribution is 2.23. The molecule has 0 aliphatic heterocycles. The predicted molar refractivity (Wildman–Crippen MR) is 82.2 cm³/mol. The number of rotatable bonds is 7. The van der Waals surface area contributed by atoms with Gasteiger partial charge in [0.25, 0.3) is 0 Å². The van der Waals surface area contributed by atoms with Gasteiger partial charge in [-0.1, -0.05) is 6.07 Å². The monoisotopic (exact) mass is 373 g/mol. The Balaban J connectivity index is 1.95. The number of nitrogens with zero attached hydrogens (tertiary/aromatic N) is 1. The molecular formula is C13H16BrN3O3S. The minimum atomic E-state index is -3.57. The summed E-state index contributed by atoms with van der Waals surface area (Å²) in [5, 5.41) is 9.02. The maximum Gasteiger partial charge on any atom is 0.241 e. The molecule has 0 saturated carbocycles. The van der Waals surface area contributed by atoms with Crippen molar-refractivity contribution in [1.29, 1.82) is 0 Å². The lowest BCUT2D eigenvalue weighted by Gasteiger charge is -2.09. The van der Waals surface area contributed by atoms with Gasteiger partial charge in [-0.3, -0.25) is 0 Å². The number of aryl methyl sites for hydroxylation is 1. The summed E-state index contributed by atoms with van der Waals surface area (Å²) in [5.74, 6) is 0.836. The van der Waals surface area contributed by atoms with Crippen LogP contribution in [0.4, 0.5) is 0 Å². The van der Waals surface area contributed by atoms with E-state index in [0.29, 0.717) is 29.4 Å². The molecule has 0 spiro atoms. The standard InChI is InChI=1S/C13H16BrN3O3S/c14-11-8-10(9-18)3-4-12(11)21(19,20)17-5-1-2-13-15-6-7-16-13/h3-4,6-8,17-18H,1-2,5,9H2,(H,15,16). The predicted octanol–water partition coefficient (Wildman–Crippen LogP) is 1.58. The minimum Gasteiger partial charge on any atom is -0.392 e. The van der Waals surface area contributed by atoms with Crippen molar-refractivity contribution in [2.45, 2.75) is 24.3 Å². The average molecular weight is 374 g/mol. The van der Waals surface area contributed by atoms with Crippen molar-refractivity contribution in [3.8, 4) is 0 Å². The average Bonchev–Trinajstić information content (AvgIpc) is 2.96. The molecule has 0 atom stereocenters. The molecule has 114 valence electrons. The van der Waals surface area contributed by atoms with Gasteiger partial charge in [0.15, 0.2) is 0 Å². The van der Waals surface area contributed by atoms with Crippen LogP contribution in [-0.4, -0.2) is 30.0 Å². The van der Waals surface area contributed by atoms with Crippen molar-refractivity contribution in [3.05, 3.63) is 46.5 Å². The number of hydrogen-bond donors (Lipinski definition) is 3. The summed E-state index contributed by atoms with van der Waals surface area (Å²) < 4.78 is 27.4. The van der Waals surface area contributed by atoms with E-state index in [1.165, 1.54) is 6.07 Å². The van der Waals surface area contributed by atoms with Gasteiger partial charge in [-0.15, -0.1) is 0 Å². The van der Waals surface area contributed by atoms with Gasteiger partial charge in [0.05, 0.1) is 11.5 Å². The Morgan fingerprint density at radius 1 is 1.38 bits per heavy atom. The van der Waals surface area contributed by atoms with Crippen LogP contribution < -0.4 is 4.72 Å². The normalized spacial score (nSPS) is 11.7. The first-order valence-corrected chi connectivity index (χ1v) is 8.68. The number of imidazole rings is 1.